The Morgan fingerprint density at radius 3 is 2.44 bits per heavy atom. The predicted octanol–water partition coefficient (Wildman–Crippen LogP) is 1.35. The van der Waals surface area contributed by atoms with Crippen LogP contribution in [0.5, 0.6) is 0 Å². The van der Waals surface area contributed by atoms with Crippen molar-refractivity contribution in [3.8, 4) is 0 Å². The fourth-order valence-electron chi connectivity index (χ4n) is 2.97. The van der Waals surface area contributed by atoms with Crippen molar-refractivity contribution in [2.75, 3.05) is 13.1 Å². The highest BCUT2D eigenvalue weighted by Gasteiger charge is 2.46. The van der Waals surface area contributed by atoms with Gasteiger partial charge in [0.1, 0.15) is 0 Å². The van der Waals surface area contributed by atoms with Crippen LogP contribution in [0, 0.1) is 5.41 Å². The topological polar surface area (TPSA) is 58.4 Å². The van der Waals surface area contributed by atoms with E-state index in [1.54, 1.807) is 0 Å². The first-order chi connectivity index (χ1) is 8.12. The van der Waals surface area contributed by atoms with E-state index in [9.17, 15) is 4.79 Å². The number of hydrogen-bond donors (Lipinski definition) is 2. The lowest BCUT2D eigenvalue weighted by Gasteiger charge is -2.52. The highest BCUT2D eigenvalue weighted by molar-refractivity contribution is 5.86. The van der Waals surface area contributed by atoms with Gasteiger partial charge in [0.15, 0.2) is 0 Å². The highest BCUT2D eigenvalue weighted by atomic mass is 16.2. The standard InChI is InChI=1S/C14H29N3O/c1-7-10(15)11(13(2,3)4)17-9-8-16-12(18)14(17,5)6/h10-11H,7-9,15H2,1-6H3,(H,16,18). The van der Waals surface area contributed by atoms with E-state index in [2.05, 4.69) is 37.9 Å². The van der Waals surface area contributed by atoms with E-state index in [0.717, 1.165) is 13.0 Å². The molecule has 1 rings (SSSR count). The number of carbonyl (C=O) groups is 1. The summed E-state index contributed by atoms with van der Waals surface area (Å²) in [5.41, 5.74) is 5.90. The zero-order valence-electron chi connectivity index (χ0n) is 12.7. The maximum atomic E-state index is 12.1. The van der Waals surface area contributed by atoms with Crippen molar-refractivity contribution in [2.24, 2.45) is 11.1 Å². The van der Waals surface area contributed by atoms with E-state index < -0.39 is 5.54 Å². The second kappa shape index (κ2) is 5.17. The third kappa shape index (κ3) is 2.86. The van der Waals surface area contributed by atoms with E-state index >= 15 is 0 Å². The summed E-state index contributed by atoms with van der Waals surface area (Å²) in [5.74, 6) is 0.103. The van der Waals surface area contributed by atoms with Crippen molar-refractivity contribution in [3.63, 3.8) is 0 Å². The number of amides is 1. The van der Waals surface area contributed by atoms with Crippen molar-refractivity contribution in [1.29, 1.82) is 0 Å². The maximum Gasteiger partial charge on any atom is 0.240 e. The third-order valence-electron chi connectivity index (χ3n) is 4.01. The molecule has 1 amide bonds. The van der Waals surface area contributed by atoms with E-state index in [1.807, 2.05) is 13.8 Å². The number of nitrogens with one attached hydrogen (secondary N) is 1. The SMILES string of the molecule is CCC(N)C(N1CCNC(=O)C1(C)C)C(C)(C)C. The Morgan fingerprint density at radius 2 is 2.00 bits per heavy atom. The van der Waals surface area contributed by atoms with Crippen LogP contribution in [0.25, 0.3) is 0 Å². The molecule has 2 atom stereocenters. The summed E-state index contributed by atoms with van der Waals surface area (Å²) >= 11 is 0. The average Bonchev–Trinajstić information content (AvgIpc) is 2.23. The van der Waals surface area contributed by atoms with E-state index in [4.69, 9.17) is 5.73 Å². The lowest BCUT2D eigenvalue weighted by Crippen LogP contribution is -2.69. The second-order valence-electron chi connectivity index (χ2n) is 6.89. The number of nitrogens with zero attached hydrogens (tertiary/aromatic N) is 1. The molecule has 0 aromatic heterocycles. The van der Waals surface area contributed by atoms with Gasteiger partial charge >= 0.3 is 0 Å². The molecule has 0 aliphatic carbocycles. The molecule has 0 aromatic rings. The molecule has 3 N–H and O–H groups in total. The third-order valence-corrected chi connectivity index (χ3v) is 4.01. The van der Waals surface area contributed by atoms with Crippen LogP contribution < -0.4 is 11.1 Å². The zero-order valence-corrected chi connectivity index (χ0v) is 12.7. The lowest BCUT2D eigenvalue weighted by atomic mass is 9.78. The van der Waals surface area contributed by atoms with Gasteiger partial charge in [-0.1, -0.05) is 27.7 Å². The number of rotatable bonds is 3. The largest absolute Gasteiger partial charge is 0.353 e. The summed E-state index contributed by atoms with van der Waals surface area (Å²) in [6.45, 7) is 14.3. The Morgan fingerprint density at radius 1 is 1.44 bits per heavy atom. The molecule has 1 aliphatic rings. The Hall–Kier alpha value is -0.610. The van der Waals surface area contributed by atoms with Crippen molar-refractivity contribution < 1.29 is 4.79 Å². The predicted molar refractivity (Wildman–Crippen MR) is 75.3 cm³/mol. The first-order valence-electron chi connectivity index (χ1n) is 6.93. The van der Waals surface area contributed by atoms with Crippen molar-refractivity contribution in [1.82, 2.24) is 10.2 Å². The molecule has 0 aromatic carbocycles. The smallest absolute Gasteiger partial charge is 0.240 e. The minimum absolute atomic E-state index is 0.0598. The molecule has 4 heteroatoms. The van der Waals surface area contributed by atoms with Crippen LogP contribution in [0.1, 0.15) is 48.0 Å². The fourth-order valence-corrected chi connectivity index (χ4v) is 2.97. The van der Waals surface area contributed by atoms with Gasteiger partial charge < -0.3 is 11.1 Å². The number of hydrogen-bond acceptors (Lipinski definition) is 3. The van der Waals surface area contributed by atoms with Crippen molar-refractivity contribution in [3.05, 3.63) is 0 Å². The van der Waals surface area contributed by atoms with Gasteiger partial charge in [0, 0.05) is 25.2 Å². The molecule has 0 saturated carbocycles. The van der Waals surface area contributed by atoms with Gasteiger partial charge in [-0.05, 0) is 25.7 Å². The molecule has 18 heavy (non-hydrogen) atoms. The Kier molecular flexibility index (Phi) is 4.44. The Labute approximate surface area is 111 Å². The molecule has 0 radical (unpaired) electrons. The van der Waals surface area contributed by atoms with Gasteiger partial charge in [-0.15, -0.1) is 0 Å². The van der Waals surface area contributed by atoms with Crippen LogP contribution in [-0.2, 0) is 4.79 Å². The van der Waals surface area contributed by atoms with Gasteiger partial charge in [-0.25, -0.2) is 0 Å². The van der Waals surface area contributed by atoms with Crippen molar-refractivity contribution >= 4 is 5.91 Å². The van der Waals surface area contributed by atoms with Crippen LogP contribution in [-0.4, -0.2) is 41.5 Å². The van der Waals surface area contributed by atoms with Gasteiger partial charge in [0.05, 0.1) is 5.54 Å². The molecular weight excluding hydrogens is 226 g/mol. The minimum Gasteiger partial charge on any atom is -0.353 e. The van der Waals surface area contributed by atoms with E-state index in [0.29, 0.717) is 6.54 Å². The van der Waals surface area contributed by atoms with Gasteiger partial charge in [-0.2, -0.15) is 0 Å². The molecule has 1 fully saturated rings. The summed E-state index contributed by atoms with van der Waals surface area (Å²) in [6, 6.07) is 0.304. The monoisotopic (exact) mass is 255 g/mol. The van der Waals surface area contributed by atoms with Gasteiger partial charge in [0.2, 0.25) is 5.91 Å². The van der Waals surface area contributed by atoms with E-state index in [-0.39, 0.29) is 23.4 Å². The van der Waals surface area contributed by atoms with Crippen molar-refractivity contribution in [2.45, 2.75) is 65.6 Å². The minimum atomic E-state index is -0.483. The van der Waals surface area contributed by atoms with Crippen LogP contribution in [0.3, 0.4) is 0 Å². The van der Waals surface area contributed by atoms with Crippen LogP contribution in [0.15, 0.2) is 0 Å². The quantitative estimate of drug-likeness (QED) is 0.800. The first-order valence-corrected chi connectivity index (χ1v) is 6.93. The molecule has 0 bridgehead atoms. The Bertz CT molecular complexity index is 307. The van der Waals surface area contributed by atoms with Crippen LogP contribution in [0.4, 0.5) is 0 Å². The van der Waals surface area contributed by atoms with Crippen LogP contribution in [0.2, 0.25) is 0 Å². The molecular formula is C14H29N3O. The number of nitrogens with two attached hydrogens (primary N) is 1. The normalized spacial score (nSPS) is 24.5. The van der Waals surface area contributed by atoms with Crippen LogP contribution >= 0.6 is 0 Å². The highest BCUT2D eigenvalue weighted by Crippen LogP contribution is 2.33. The zero-order chi connectivity index (χ0) is 14.1. The number of piperazine rings is 1. The average molecular weight is 255 g/mol. The van der Waals surface area contributed by atoms with Gasteiger partial charge in [-0.3, -0.25) is 9.69 Å². The molecule has 1 saturated heterocycles. The molecule has 2 unspecified atom stereocenters. The number of carbonyl (C=O) groups excluding carboxylic acids is 1. The fraction of sp³-hybridized carbons (Fsp3) is 0.929. The van der Waals surface area contributed by atoms with E-state index in [1.165, 1.54) is 0 Å². The molecule has 106 valence electrons. The molecule has 1 heterocycles. The summed E-state index contributed by atoms with van der Waals surface area (Å²) in [4.78, 5) is 14.4. The summed E-state index contributed by atoms with van der Waals surface area (Å²) in [7, 11) is 0. The van der Waals surface area contributed by atoms with Gasteiger partial charge in [0.25, 0.3) is 0 Å². The first kappa shape index (κ1) is 15.4. The summed E-state index contributed by atoms with van der Waals surface area (Å²) in [6.07, 6.45) is 0.927. The lowest BCUT2D eigenvalue weighted by molar-refractivity contribution is -0.140. The molecule has 1 aliphatic heterocycles. The Balaban J connectivity index is 3.08. The summed E-state index contributed by atoms with van der Waals surface area (Å²) in [5, 5.41) is 2.94. The molecule has 4 nitrogen and oxygen atoms in total. The summed E-state index contributed by atoms with van der Waals surface area (Å²) < 4.78 is 0. The molecule has 0 spiro atoms. The maximum absolute atomic E-state index is 12.1. The second-order valence-corrected chi connectivity index (χ2v) is 6.89.